The molecule has 2 heterocycles. The third kappa shape index (κ3) is 3.51. The molecule has 0 saturated heterocycles. The molecule has 5 nitrogen and oxygen atoms in total. The lowest BCUT2D eigenvalue weighted by atomic mass is 9.83. The molecule has 26 heavy (non-hydrogen) atoms. The summed E-state index contributed by atoms with van der Waals surface area (Å²) in [4.78, 5) is 13.1. The second kappa shape index (κ2) is 7.05. The van der Waals surface area contributed by atoms with Crippen LogP contribution in [0, 0.1) is 11.8 Å². The number of halogens is 2. The van der Waals surface area contributed by atoms with E-state index in [-0.39, 0.29) is 11.0 Å². The largest absolute Gasteiger partial charge is 0.508 e. The van der Waals surface area contributed by atoms with Crippen LogP contribution in [0.2, 0.25) is 10.3 Å². The molecule has 1 saturated carbocycles. The van der Waals surface area contributed by atoms with Crippen LogP contribution >= 0.6 is 23.2 Å². The molecule has 1 fully saturated rings. The van der Waals surface area contributed by atoms with Crippen molar-refractivity contribution in [3.8, 4) is 17.0 Å². The third-order valence-corrected chi connectivity index (χ3v) is 5.58. The Bertz CT molecular complexity index is 928. The van der Waals surface area contributed by atoms with Gasteiger partial charge in [-0.3, -0.25) is 0 Å². The molecular formula is C19H20Cl2N4O. The summed E-state index contributed by atoms with van der Waals surface area (Å²) in [5, 5.41) is 10.5. The fourth-order valence-corrected chi connectivity index (χ4v) is 4.19. The predicted molar refractivity (Wildman–Crippen MR) is 104 cm³/mol. The van der Waals surface area contributed by atoms with Crippen molar-refractivity contribution in [2.75, 3.05) is 0 Å². The van der Waals surface area contributed by atoms with Crippen LogP contribution in [-0.2, 0) is 6.54 Å². The average Bonchev–Trinajstić information content (AvgIpc) is 2.98. The summed E-state index contributed by atoms with van der Waals surface area (Å²) in [7, 11) is 0. The molecule has 7 heteroatoms. The molecule has 0 amide bonds. The van der Waals surface area contributed by atoms with Crippen molar-refractivity contribution in [2.24, 2.45) is 11.8 Å². The molecule has 0 bridgehead atoms. The van der Waals surface area contributed by atoms with E-state index in [4.69, 9.17) is 23.2 Å². The van der Waals surface area contributed by atoms with Crippen LogP contribution in [0.25, 0.3) is 22.4 Å². The molecule has 0 atom stereocenters. The summed E-state index contributed by atoms with van der Waals surface area (Å²) in [5.41, 5.74) is 2.72. The SMILES string of the molecule is C[C@H]1CC[C@H](Cn2cnc3nc(Cl)nc(-c4cc(O)cc(Cl)c4)c32)CC1. The molecule has 2 aromatic heterocycles. The Kier molecular flexibility index (Phi) is 4.76. The lowest BCUT2D eigenvalue weighted by Crippen LogP contribution is -2.17. The van der Waals surface area contributed by atoms with Crippen LogP contribution < -0.4 is 0 Å². The Morgan fingerprint density at radius 2 is 1.88 bits per heavy atom. The zero-order valence-electron chi connectivity index (χ0n) is 14.5. The lowest BCUT2D eigenvalue weighted by molar-refractivity contribution is 0.266. The lowest BCUT2D eigenvalue weighted by Gasteiger charge is -2.26. The van der Waals surface area contributed by atoms with Gasteiger partial charge in [0.05, 0.1) is 6.33 Å². The van der Waals surface area contributed by atoms with Crippen LogP contribution in [-0.4, -0.2) is 24.6 Å². The van der Waals surface area contributed by atoms with Crippen LogP contribution in [0.3, 0.4) is 0 Å². The van der Waals surface area contributed by atoms with Gasteiger partial charge in [0.15, 0.2) is 5.65 Å². The van der Waals surface area contributed by atoms with E-state index in [1.54, 1.807) is 12.1 Å². The number of hydrogen-bond donors (Lipinski definition) is 1. The molecular weight excluding hydrogens is 371 g/mol. The number of benzene rings is 1. The van der Waals surface area contributed by atoms with Crippen LogP contribution in [0.4, 0.5) is 0 Å². The number of nitrogens with zero attached hydrogens (tertiary/aromatic N) is 4. The number of phenols is 1. The number of phenolic OH excluding ortho intramolecular Hbond substituents is 1. The molecule has 136 valence electrons. The summed E-state index contributed by atoms with van der Waals surface area (Å²) in [6, 6.07) is 4.88. The molecule has 1 aliphatic rings. The Morgan fingerprint density at radius 1 is 1.12 bits per heavy atom. The second-order valence-corrected chi connectivity index (χ2v) is 8.01. The Labute approximate surface area is 162 Å². The first-order valence-electron chi connectivity index (χ1n) is 8.88. The van der Waals surface area contributed by atoms with E-state index in [2.05, 4.69) is 26.4 Å². The Hall–Kier alpha value is -1.85. The van der Waals surface area contributed by atoms with Crippen molar-refractivity contribution >= 4 is 34.4 Å². The highest BCUT2D eigenvalue weighted by atomic mass is 35.5. The topological polar surface area (TPSA) is 63.8 Å². The van der Waals surface area contributed by atoms with Crippen LogP contribution in [0.15, 0.2) is 24.5 Å². The van der Waals surface area contributed by atoms with Crippen molar-refractivity contribution in [3.05, 3.63) is 34.8 Å². The molecule has 1 N–H and O–H groups in total. The van der Waals surface area contributed by atoms with Gasteiger partial charge in [-0.1, -0.05) is 31.4 Å². The summed E-state index contributed by atoms with van der Waals surface area (Å²) in [5.74, 6) is 1.53. The first kappa shape index (κ1) is 17.6. The van der Waals surface area contributed by atoms with Crippen molar-refractivity contribution in [2.45, 2.75) is 39.2 Å². The minimum Gasteiger partial charge on any atom is -0.508 e. The maximum atomic E-state index is 9.92. The quantitative estimate of drug-likeness (QED) is 0.613. The highest BCUT2D eigenvalue weighted by Crippen LogP contribution is 2.34. The van der Waals surface area contributed by atoms with Crippen LogP contribution in [0.5, 0.6) is 5.75 Å². The Balaban J connectivity index is 1.78. The van der Waals surface area contributed by atoms with E-state index in [1.165, 1.54) is 31.7 Å². The van der Waals surface area contributed by atoms with E-state index >= 15 is 0 Å². The molecule has 1 aromatic carbocycles. The summed E-state index contributed by atoms with van der Waals surface area (Å²) < 4.78 is 2.11. The minimum atomic E-state index is 0.0859. The number of aromatic nitrogens is 4. The monoisotopic (exact) mass is 390 g/mol. The number of imidazole rings is 1. The van der Waals surface area contributed by atoms with Gasteiger partial charge in [0.25, 0.3) is 0 Å². The smallest absolute Gasteiger partial charge is 0.225 e. The summed E-state index contributed by atoms with van der Waals surface area (Å²) in [6.07, 6.45) is 6.80. The van der Waals surface area contributed by atoms with Gasteiger partial charge < -0.3 is 9.67 Å². The number of aromatic hydroxyl groups is 1. The normalized spacial score (nSPS) is 20.6. The predicted octanol–water partition coefficient (Wildman–Crippen LogP) is 5.33. The van der Waals surface area contributed by atoms with E-state index in [0.29, 0.717) is 27.8 Å². The average molecular weight is 391 g/mol. The van der Waals surface area contributed by atoms with Crippen molar-refractivity contribution in [3.63, 3.8) is 0 Å². The van der Waals surface area contributed by atoms with Gasteiger partial charge in [-0.05, 0) is 54.5 Å². The zero-order valence-corrected chi connectivity index (χ0v) is 16.0. The van der Waals surface area contributed by atoms with Gasteiger partial charge in [0.2, 0.25) is 5.28 Å². The summed E-state index contributed by atoms with van der Waals surface area (Å²) in [6.45, 7) is 3.20. The third-order valence-electron chi connectivity index (χ3n) is 5.19. The van der Waals surface area contributed by atoms with E-state index in [1.807, 2.05) is 6.33 Å². The second-order valence-electron chi connectivity index (χ2n) is 7.23. The van der Waals surface area contributed by atoms with Crippen LogP contribution in [0.1, 0.15) is 32.6 Å². The molecule has 0 spiro atoms. The maximum absolute atomic E-state index is 9.92. The highest BCUT2D eigenvalue weighted by molar-refractivity contribution is 6.31. The van der Waals surface area contributed by atoms with E-state index in [0.717, 1.165) is 18.0 Å². The summed E-state index contributed by atoms with van der Waals surface area (Å²) >= 11 is 12.2. The molecule has 1 aliphatic carbocycles. The van der Waals surface area contributed by atoms with E-state index < -0.39 is 0 Å². The molecule has 4 rings (SSSR count). The number of fused-ring (bicyclic) bond motifs is 1. The van der Waals surface area contributed by atoms with Crippen molar-refractivity contribution in [1.82, 2.24) is 19.5 Å². The first-order valence-corrected chi connectivity index (χ1v) is 9.63. The van der Waals surface area contributed by atoms with Gasteiger partial charge in [-0.2, -0.15) is 4.98 Å². The molecule has 0 radical (unpaired) electrons. The fraction of sp³-hybridized carbons (Fsp3) is 0.421. The van der Waals surface area contributed by atoms with Crippen molar-refractivity contribution < 1.29 is 5.11 Å². The molecule has 0 unspecified atom stereocenters. The van der Waals surface area contributed by atoms with Gasteiger partial charge in [0, 0.05) is 17.1 Å². The Morgan fingerprint density at radius 3 is 2.62 bits per heavy atom. The van der Waals surface area contributed by atoms with Gasteiger partial charge in [-0.15, -0.1) is 0 Å². The molecule has 3 aromatic rings. The van der Waals surface area contributed by atoms with Gasteiger partial charge in [0.1, 0.15) is 17.0 Å². The molecule has 0 aliphatic heterocycles. The van der Waals surface area contributed by atoms with Gasteiger partial charge in [-0.25, -0.2) is 9.97 Å². The maximum Gasteiger partial charge on any atom is 0.225 e. The zero-order chi connectivity index (χ0) is 18.3. The van der Waals surface area contributed by atoms with Gasteiger partial charge >= 0.3 is 0 Å². The standard InChI is InChI=1S/C19H20Cl2N4O/c1-11-2-4-12(5-3-11)9-25-10-22-18-17(25)16(23-19(21)24-18)13-6-14(20)8-15(26)7-13/h6-8,10-12,26H,2-5,9H2,1H3/t11-,12-. The first-order chi connectivity index (χ1) is 12.5. The van der Waals surface area contributed by atoms with E-state index in [9.17, 15) is 5.11 Å². The minimum absolute atomic E-state index is 0.0859. The number of rotatable bonds is 3. The van der Waals surface area contributed by atoms with Crippen molar-refractivity contribution in [1.29, 1.82) is 0 Å². The highest BCUT2D eigenvalue weighted by Gasteiger charge is 2.21. The fourth-order valence-electron chi connectivity index (χ4n) is 3.79. The number of hydrogen-bond acceptors (Lipinski definition) is 4.